The van der Waals surface area contributed by atoms with Crippen LogP contribution in [0.4, 0.5) is 4.79 Å². The van der Waals surface area contributed by atoms with E-state index in [1.165, 1.54) is 6.92 Å². The fourth-order valence-corrected chi connectivity index (χ4v) is 1.08. The Balaban J connectivity index is 2.50. The first-order chi connectivity index (χ1) is 6.00. The number of imide groups is 1. The Bertz CT molecular complexity index is 263. The van der Waals surface area contributed by atoms with E-state index in [1.54, 1.807) is 0 Å². The van der Waals surface area contributed by atoms with Gasteiger partial charge in [-0.05, 0) is 6.42 Å². The fourth-order valence-electron chi connectivity index (χ4n) is 1.08. The van der Waals surface area contributed by atoms with E-state index in [1.807, 2.05) is 5.32 Å². The third kappa shape index (κ3) is 2.17. The van der Waals surface area contributed by atoms with Gasteiger partial charge in [-0.3, -0.25) is 14.9 Å². The summed E-state index contributed by atoms with van der Waals surface area (Å²) in [4.78, 5) is 32.0. The number of hydrogen-bond acceptors (Lipinski definition) is 3. The summed E-state index contributed by atoms with van der Waals surface area (Å²) in [5.41, 5.74) is 0. The SMILES string of the molecule is CC(C[C@H]1NC(=O)NC1=O)C(=O)O. The van der Waals surface area contributed by atoms with Crippen LogP contribution in [0.5, 0.6) is 0 Å². The molecule has 0 aromatic heterocycles. The average molecular weight is 186 g/mol. The molecule has 72 valence electrons. The van der Waals surface area contributed by atoms with Gasteiger partial charge >= 0.3 is 12.0 Å². The molecule has 2 atom stereocenters. The third-order valence-corrected chi connectivity index (χ3v) is 1.87. The number of carbonyl (C=O) groups excluding carboxylic acids is 2. The number of carboxylic acids is 1. The van der Waals surface area contributed by atoms with E-state index < -0.39 is 29.9 Å². The van der Waals surface area contributed by atoms with E-state index >= 15 is 0 Å². The Morgan fingerprint density at radius 3 is 2.62 bits per heavy atom. The molecule has 1 fully saturated rings. The molecule has 6 nitrogen and oxygen atoms in total. The van der Waals surface area contributed by atoms with Crippen molar-refractivity contribution in [3.63, 3.8) is 0 Å². The summed E-state index contributed by atoms with van der Waals surface area (Å²) in [7, 11) is 0. The zero-order valence-corrected chi connectivity index (χ0v) is 7.03. The van der Waals surface area contributed by atoms with Crippen molar-refractivity contribution in [2.75, 3.05) is 0 Å². The van der Waals surface area contributed by atoms with Crippen LogP contribution < -0.4 is 10.6 Å². The predicted molar refractivity (Wildman–Crippen MR) is 41.9 cm³/mol. The molecule has 1 saturated heterocycles. The smallest absolute Gasteiger partial charge is 0.322 e. The molecule has 3 N–H and O–H groups in total. The molecule has 0 aromatic carbocycles. The monoisotopic (exact) mass is 186 g/mol. The molecule has 1 aliphatic rings. The summed E-state index contributed by atoms with van der Waals surface area (Å²) >= 11 is 0. The predicted octanol–water partition coefficient (Wildman–Crippen LogP) is -0.695. The van der Waals surface area contributed by atoms with Crippen molar-refractivity contribution in [1.82, 2.24) is 10.6 Å². The zero-order valence-electron chi connectivity index (χ0n) is 7.03. The molecule has 0 bridgehead atoms. The lowest BCUT2D eigenvalue weighted by Crippen LogP contribution is -2.32. The number of carbonyl (C=O) groups is 3. The minimum absolute atomic E-state index is 0.118. The lowest BCUT2D eigenvalue weighted by Gasteiger charge is -2.09. The quantitative estimate of drug-likeness (QED) is 0.508. The summed E-state index contributed by atoms with van der Waals surface area (Å²) in [5.74, 6) is -2.08. The van der Waals surface area contributed by atoms with Gasteiger partial charge in [-0.15, -0.1) is 0 Å². The van der Waals surface area contributed by atoms with Gasteiger partial charge in [0.1, 0.15) is 6.04 Å². The van der Waals surface area contributed by atoms with Crippen LogP contribution >= 0.6 is 0 Å². The van der Waals surface area contributed by atoms with E-state index in [9.17, 15) is 14.4 Å². The van der Waals surface area contributed by atoms with Crippen molar-refractivity contribution in [3.8, 4) is 0 Å². The topological polar surface area (TPSA) is 95.5 Å². The van der Waals surface area contributed by atoms with Crippen LogP contribution in [0.2, 0.25) is 0 Å². The van der Waals surface area contributed by atoms with Gasteiger partial charge in [0.05, 0.1) is 5.92 Å². The second-order valence-corrected chi connectivity index (χ2v) is 2.99. The van der Waals surface area contributed by atoms with Crippen LogP contribution in [-0.2, 0) is 9.59 Å². The van der Waals surface area contributed by atoms with Gasteiger partial charge in [0.2, 0.25) is 0 Å². The van der Waals surface area contributed by atoms with Crippen molar-refractivity contribution in [3.05, 3.63) is 0 Å². The molecule has 1 unspecified atom stereocenters. The van der Waals surface area contributed by atoms with Gasteiger partial charge in [-0.2, -0.15) is 0 Å². The van der Waals surface area contributed by atoms with Crippen LogP contribution in [0.25, 0.3) is 0 Å². The number of nitrogens with one attached hydrogen (secondary N) is 2. The van der Waals surface area contributed by atoms with E-state index in [-0.39, 0.29) is 6.42 Å². The Morgan fingerprint density at radius 2 is 2.23 bits per heavy atom. The van der Waals surface area contributed by atoms with Crippen molar-refractivity contribution in [1.29, 1.82) is 0 Å². The van der Waals surface area contributed by atoms with Gasteiger partial charge < -0.3 is 10.4 Å². The normalized spacial score (nSPS) is 23.6. The molecule has 0 saturated carbocycles. The highest BCUT2D eigenvalue weighted by Gasteiger charge is 2.31. The Hall–Kier alpha value is -1.59. The molecule has 1 heterocycles. The van der Waals surface area contributed by atoms with Crippen LogP contribution in [0.1, 0.15) is 13.3 Å². The van der Waals surface area contributed by atoms with Gasteiger partial charge in [-0.1, -0.05) is 6.92 Å². The van der Waals surface area contributed by atoms with Crippen LogP contribution in [0, 0.1) is 5.92 Å². The number of urea groups is 1. The van der Waals surface area contributed by atoms with Crippen LogP contribution in [0.3, 0.4) is 0 Å². The van der Waals surface area contributed by atoms with E-state index in [0.717, 1.165) is 0 Å². The summed E-state index contributed by atoms with van der Waals surface area (Å²) in [6.45, 7) is 1.49. The van der Waals surface area contributed by atoms with Gasteiger partial charge in [0.25, 0.3) is 5.91 Å². The number of rotatable bonds is 3. The van der Waals surface area contributed by atoms with Gasteiger partial charge in [0, 0.05) is 0 Å². The van der Waals surface area contributed by atoms with Crippen molar-refractivity contribution in [2.24, 2.45) is 5.92 Å². The van der Waals surface area contributed by atoms with Crippen molar-refractivity contribution < 1.29 is 19.5 Å². The van der Waals surface area contributed by atoms with Crippen LogP contribution in [-0.4, -0.2) is 29.1 Å². The summed E-state index contributed by atoms with van der Waals surface area (Å²) in [5, 5.41) is 12.9. The second kappa shape index (κ2) is 3.42. The fraction of sp³-hybridized carbons (Fsp3) is 0.571. The third-order valence-electron chi connectivity index (χ3n) is 1.87. The molecule has 0 aliphatic carbocycles. The molecule has 0 radical (unpaired) electrons. The van der Waals surface area contributed by atoms with Gasteiger partial charge in [0.15, 0.2) is 0 Å². The molecule has 13 heavy (non-hydrogen) atoms. The first-order valence-corrected chi connectivity index (χ1v) is 3.85. The molecular formula is C7H10N2O4. The van der Waals surface area contributed by atoms with Crippen LogP contribution in [0.15, 0.2) is 0 Å². The lowest BCUT2D eigenvalue weighted by molar-refractivity contribution is -0.141. The lowest BCUT2D eigenvalue weighted by atomic mass is 10.0. The Labute approximate surface area is 74.3 Å². The molecule has 1 rings (SSSR count). The molecule has 0 aromatic rings. The highest BCUT2D eigenvalue weighted by Crippen LogP contribution is 2.08. The average Bonchev–Trinajstić information content (AvgIpc) is 2.30. The molecular weight excluding hydrogens is 176 g/mol. The molecule has 3 amide bonds. The summed E-state index contributed by atoms with van der Waals surface area (Å²) in [6, 6.07) is -1.27. The number of carboxylic acid groups (broad SMARTS) is 1. The number of hydrogen-bond donors (Lipinski definition) is 3. The summed E-state index contributed by atoms with van der Waals surface area (Å²) < 4.78 is 0. The maximum atomic E-state index is 11.0. The maximum Gasteiger partial charge on any atom is 0.322 e. The number of amides is 3. The standard InChI is InChI=1S/C7H10N2O4/c1-3(6(11)12)2-4-5(10)9-7(13)8-4/h3-4H,2H2,1H3,(H,11,12)(H2,8,9,10,13)/t3?,4-/m1/s1. The minimum Gasteiger partial charge on any atom is -0.481 e. The zero-order chi connectivity index (χ0) is 10.0. The van der Waals surface area contributed by atoms with E-state index in [0.29, 0.717) is 0 Å². The molecule has 0 spiro atoms. The van der Waals surface area contributed by atoms with Crippen molar-refractivity contribution in [2.45, 2.75) is 19.4 Å². The number of aliphatic carboxylic acids is 1. The Morgan fingerprint density at radius 1 is 1.62 bits per heavy atom. The molecule has 6 heteroatoms. The van der Waals surface area contributed by atoms with E-state index in [4.69, 9.17) is 5.11 Å². The first kappa shape index (κ1) is 9.50. The van der Waals surface area contributed by atoms with Crippen molar-refractivity contribution >= 4 is 17.9 Å². The largest absolute Gasteiger partial charge is 0.481 e. The second-order valence-electron chi connectivity index (χ2n) is 2.99. The maximum absolute atomic E-state index is 11.0. The van der Waals surface area contributed by atoms with E-state index in [2.05, 4.69) is 5.32 Å². The summed E-state index contributed by atoms with van der Waals surface area (Å²) in [6.07, 6.45) is 0.118. The first-order valence-electron chi connectivity index (χ1n) is 3.85. The minimum atomic E-state index is -0.978. The Kier molecular flexibility index (Phi) is 2.50. The highest BCUT2D eigenvalue weighted by atomic mass is 16.4. The highest BCUT2D eigenvalue weighted by molar-refractivity contribution is 6.04. The van der Waals surface area contributed by atoms with Gasteiger partial charge in [-0.25, -0.2) is 4.79 Å². The molecule has 1 aliphatic heterocycles.